The molecule has 1 aliphatic rings. The van der Waals surface area contributed by atoms with Crippen LogP contribution in [0, 0.1) is 17.8 Å². The highest BCUT2D eigenvalue weighted by molar-refractivity contribution is 5.61. The first-order valence-corrected chi connectivity index (χ1v) is 12.2. The summed E-state index contributed by atoms with van der Waals surface area (Å²) in [6.45, 7) is 8.92. The van der Waals surface area contributed by atoms with Crippen molar-refractivity contribution < 1.29 is 28.5 Å². The smallest absolute Gasteiger partial charge is 0.298 e. The summed E-state index contributed by atoms with van der Waals surface area (Å²) in [7, 11) is 3.12. The summed E-state index contributed by atoms with van der Waals surface area (Å²) in [5, 5.41) is 0. The van der Waals surface area contributed by atoms with E-state index in [2.05, 4.69) is 18.8 Å². The van der Waals surface area contributed by atoms with Crippen LogP contribution in [0.15, 0.2) is 30.3 Å². The Hall–Kier alpha value is -3.33. The van der Waals surface area contributed by atoms with Gasteiger partial charge in [0.15, 0.2) is 23.0 Å². The first-order valence-electron chi connectivity index (χ1n) is 12.2. The van der Waals surface area contributed by atoms with E-state index in [0.717, 1.165) is 11.5 Å². The van der Waals surface area contributed by atoms with Gasteiger partial charge in [0.25, 0.3) is 6.47 Å². The van der Waals surface area contributed by atoms with Gasteiger partial charge < -0.3 is 23.7 Å². The molecule has 0 amide bonds. The van der Waals surface area contributed by atoms with Gasteiger partial charge in [-0.25, -0.2) is 0 Å². The highest BCUT2D eigenvalue weighted by Crippen LogP contribution is 2.35. The summed E-state index contributed by atoms with van der Waals surface area (Å²) in [5.41, 5.74) is 1.22. The maximum Gasteiger partial charge on any atom is 0.298 e. The highest BCUT2D eigenvalue weighted by Gasteiger charge is 2.13. The summed E-state index contributed by atoms with van der Waals surface area (Å²) in [6.07, 6.45) is 7.37. The number of ether oxygens (including phenoxy) is 5. The van der Waals surface area contributed by atoms with E-state index in [0.29, 0.717) is 41.6 Å². The second-order valence-electron chi connectivity index (χ2n) is 8.67. The van der Waals surface area contributed by atoms with Crippen LogP contribution in [0.5, 0.6) is 28.7 Å². The van der Waals surface area contributed by atoms with Crippen molar-refractivity contribution in [2.75, 3.05) is 20.8 Å². The van der Waals surface area contributed by atoms with Crippen molar-refractivity contribution in [3.8, 4) is 40.6 Å². The third-order valence-electron chi connectivity index (χ3n) is 5.50. The zero-order valence-electron chi connectivity index (χ0n) is 21.8. The molecule has 0 unspecified atom stereocenters. The van der Waals surface area contributed by atoms with Crippen LogP contribution in [0.4, 0.5) is 0 Å². The molecule has 6 heteroatoms. The SMILES string of the molecule is CC1CCCCC1.CCOc1cc(C#Cc2cc(OC)c(OC(C)C)cc2OC=O)ccc1OC. The number of rotatable bonds is 8. The Kier molecular flexibility index (Phi) is 11.8. The van der Waals surface area contributed by atoms with Gasteiger partial charge in [0.1, 0.15) is 5.75 Å². The molecule has 1 fully saturated rings. The minimum Gasteiger partial charge on any atom is -0.493 e. The predicted molar refractivity (Wildman–Crippen MR) is 138 cm³/mol. The Morgan fingerprint density at radius 1 is 0.914 bits per heavy atom. The second kappa shape index (κ2) is 14.8. The molecule has 0 spiro atoms. The van der Waals surface area contributed by atoms with Crippen molar-refractivity contribution >= 4 is 6.47 Å². The fraction of sp³-hybridized carbons (Fsp3) is 0.483. The van der Waals surface area contributed by atoms with Gasteiger partial charge in [0.05, 0.1) is 32.5 Å². The predicted octanol–water partition coefficient (Wildman–Crippen LogP) is 6.41. The molecule has 3 rings (SSSR count). The zero-order valence-corrected chi connectivity index (χ0v) is 21.8. The zero-order chi connectivity index (χ0) is 25.6. The molecule has 2 aromatic rings. The van der Waals surface area contributed by atoms with Gasteiger partial charge in [-0.05, 0) is 44.9 Å². The molecule has 0 N–H and O–H groups in total. The van der Waals surface area contributed by atoms with Crippen LogP contribution in [0.3, 0.4) is 0 Å². The van der Waals surface area contributed by atoms with Crippen LogP contribution in [-0.4, -0.2) is 33.4 Å². The molecule has 6 nitrogen and oxygen atoms in total. The molecule has 0 aromatic heterocycles. The Labute approximate surface area is 209 Å². The molecule has 0 heterocycles. The first-order chi connectivity index (χ1) is 16.9. The lowest BCUT2D eigenvalue weighted by Crippen LogP contribution is -2.07. The van der Waals surface area contributed by atoms with Gasteiger partial charge in [-0.2, -0.15) is 0 Å². The Morgan fingerprint density at radius 2 is 1.63 bits per heavy atom. The van der Waals surface area contributed by atoms with Crippen LogP contribution < -0.4 is 23.7 Å². The minimum atomic E-state index is -0.0637. The fourth-order valence-corrected chi connectivity index (χ4v) is 3.76. The van der Waals surface area contributed by atoms with Gasteiger partial charge in [-0.3, -0.25) is 4.79 Å². The monoisotopic (exact) mass is 482 g/mol. The number of methoxy groups -OCH3 is 2. The number of carbonyl (C=O) groups is 1. The summed E-state index contributed by atoms with van der Waals surface area (Å²) < 4.78 is 27.0. The van der Waals surface area contributed by atoms with Crippen LogP contribution in [0.2, 0.25) is 0 Å². The molecular weight excluding hydrogens is 444 g/mol. The van der Waals surface area contributed by atoms with Gasteiger partial charge in [-0.1, -0.05) is 50.9 Å². The molecule has 1 aliphatic carbocycles. The summed E-state index contributed by atoms with van der Waals surface area (Å²) in [6, 6.07) is 8.68. The Morgan fingerprint density at radius 3 is 2.17 bits per heavy atom. The Bertz CT molecular complexity index is 996. The number of hydrogen-bond acceptors (Lipinski definition) is 6. The molecule has 0 saturated heterocycles. The van der Waals surface area contributed by atoms with Crippen molar-refractivity contribution in [3.63, 3.8) is 0 Å². The fourth-order valence-electron chi connectivity index (χ4n) is 3.76. The molecule has 0 radical (unpaired) electrons. The van der Waals surface area contributed by atoms with E-state index < -0.39 is 0 Å². The van der Waals surface area contributed by atoms with Crippen LogP contribution >= 0.6 is 0 Å². The molecule has 2 aromatic carbocycles. The maximum atomic E-state index is 10.9. The van der Waals surface area contributed by atoms with E-state index in [1.807, 2.05) is 26.8 Å². The average Bonchev–Trinajstić information content (AvgIpc) is 2.84. The molecule has 35 heavy (non-hydrogen) atoms. The van der Waals surface area contributed by atoms with E-state index in [-0.39, 0.29) is 11.9 Å². The summed E-state index contributed by atoms with van der Waals surface area (Å²) in [5.74, 6) is 9.60. The number of carbonyl (C=O) groups excluding carboxylic acids is 1. The maximum absolute atomic E-state index is 10.9. The van der Waals surface area contributed by atoms with Gasteiger partial charge in [-0.15, -0.1) is 0 Å². The first kappa shape index (κ1) is 27.9. The van der Waals surface area contributed by atoms with E-state index >= 15 is 0 Å². The van der Waals surface area contributed by atoms with E-state index in [1.165, 1.54) is 39.2 Å². The highest BCUT2D eigenvalue weighted by atomic mass is 16.5. The molecule has 1 saturated carbocycles. The summed E-state index contributed by atoms with van der Waals surface area (Å²) in [4.78, 5) is 10.9. The minimum absolute atomic E-state index is 0.0637. The normalized spacial score (nSPS) is 13.0. The molecule has 0 aliphatic heterocycles. The van der Waals surface area contributed by atoms with Crippen LogP contribution in [-0.2, 0) is 4.79 Å². The van der Waals surface area contributed by atoms with Gasteiger partial charge in [0, 0.05) is 17.7 Å². The van der Waals surface area contributed by atoms with E-state index in [4.69, 9.17) is 23.7 Å². The van der Waals surface area contributed by atoms with Gasteiger partial charge in [0.2, 0.25) is 0 Å². The Balaban J connectivity index is 0.000000527. The van der Waals surface area contributed by atoms with Crippen molar-refractivity contribution in [3.05, 3.63) is 41.5 Å². The molecule has 0 atom stereocenters. The standard InChI is InChI=1S/C22H24O6.C7H14/c1-6-26-21-11-16(8-10-18(21)24-4)7-9-17-12-20(25-5)22(28-15(2)3)13-19(17)27-14-23;1-7-5-3-2-4-6-7/h8,10-15H,6H2,1-5H3;7H,2-6H2,1H3. The lowest BCUT2D eigenvalue weighted by atomic mass is 9.91. The number of hydrogen-bond donors (Lipinski definition) is 0. The topological polar surface area (TPSA) is 63.2 Å². The lowest BCUT2D eigenvalue weighted by Gasteiger charge is -2.15. The van der Waals surface area contributed by atoms with Crippen LogP contribution in [0.1, 0.15) is 70.9 Å². The van der Waals surface area contributed by atoms with Gasteiger partial charge >= 0.3 is 0 Å². The largest absolute Gasteiger partial charge is 0.493 e. The molecule has 190 valence electrons. The van der Waals surface area contributed by atoms with Crippen molar-refractivity contribution in [1.82, 2.24) is 0 Å². The van der Waals surface area contributed by atoms with E-state index in [9.17, 15) is 4.79 Å². The van der Waals surface area contributed by atoms with Crippen molar-refractivity contribution in [1.29, 1.82) is 0 Å². The third kappa shape index (κ3) is 9.09. The van der Waals surface area contributed by atoms with Crippen LogP contribution in [0.25, 0.3) is 0 Å². The lowest BCUT2D eigenvalue weighted by molar-refractivity contribution is -0.120. The second-order valence-corrected chi connectivity index (χ2v) is 8.67. The summed E-state index contributed by atoms with van der Waals surface area (Å²) >= 11 is 0. The van der Waals surface area contributed by atoms with Crippen molar-refractivity contribution in [2.24, 2.45) is 5.92 Å². The van der Waals surface area contributed by atoms with E-state index in [1.54, 1.807) is 31.4 Å². The quantitative estimate of drug-likeness (QED) is 0.320. The molecular formula is C29H38O6. The average molecular weight is 483 g/mol. The number of benzene rings is 2. The van der Waals surface area contributed by atoms with Crippen molar-refractivity contribution in [2.45, 2.75) is 65.9 Å². The molecule has 0 bridgehead atoms. The third-order valence-corrected chi connectivity index (χ3v) is 5.50.